The van der Waals surface area contributed by atoms with E-state index in [0.29, 0.717) is 18.9 Å². The largest absolute Gasteiger partial charge is 0.418 e. The van der Waals surface area contributed by atoms with Crippen molar-refractivity contribution < 1.29 is 30.8 Å². The number of carbonyl (C=O) groups excluding carboxylic acids is 1. The second-order valence-electron chi connectivity index (χ2n) is 6.89. The van der Waals surface area contributed by atoms with E-state index in [1.54, 1.807) is 0 Å². The van der Waals surface area contributed by atoms with Crippen LogP contribution < -0.4 is 10.0 Å². The van der Waals surface area contributed by atoms with Crippen molar-refractivity contribution in [2.24, 2.45) is 0 Å². The summed E-state index contributed by atoms with van der Waals surface area (Å²) in [5.74, 6) is -2.30. The molecule has 0 aliphatic heterocycles. The van der Waals surface area contributed by atoms with E-state index in [1.807, 2.05) is 5.32 Å². The number of halogens is 5. The van der Waals surface area contributed by atoms with Crippen molar-refractivity contribution in [1.29, 1.82) is 0 Å². The number of sulfonamides is 1. The molecule has 1 fully saturated rings. The number of benzene rings is 2. The maximum absolute atomic E-state index is 14.2. The molecular formula is C19H17ClF4N2O3S. The molecule has 11 heteroatoms. The van der Waals surface area contributed by atoms with Crippen LogP contribution in [0.15, 0.2) is 41.3 Å². The zero-order valence-corrected chi connectivity index (χ0v) is 17.0. The van der Waals surface area contributed by atoms with Gasteiger partial charge in [0.15, 0.2) is 0 Å². The van der Waals surface area contributed by atoms with Gasteiger partial charge in [-0.3, -0.25) is 4.79 Å². The molecule has 0 aromatic heterocycles. The minimum absolute atomic E-state index is 0.197. The highest BCUT2D eigenvalue weighted by atomic mass is 35.5. The lowest BCUT2D eigenvalue weighted by molar-refractivity contribution is -0.136. The lowest BCUT2D eigenvalue weighted by atomic mass is 10.1. The molecule has 1 saturated carbocycles. The molecule has 0 unspecified atom stereocenters. The van der Waals surface area contributed by atoms with E-state index in [-0.39, 0.29) is 16.0 Å². The van der Waals surface area contributed by atoms with Gasteiger partial charge < -0.3 is 5.32 Å². The number of hydrogen-bond acceptors (Lipinski definition) is 3. The number of alkyl halides is 3. The number of nitrogens with one attached hydrogen (secondary N) is 2. The molecule has 1 amide bonds. The fraction of sp³-hybridized carbons (Fsp3) is 0.316. The molecule has 0 atom stereocenters. The quantitative estimate of drug-likeness (QED) is 0.613. The van der Waals surface area contributed by atoms with Crippen LogP contribution in [-0.2, 0) is 16.2 Å². The van der Waals surface area contributed by atoms with Crippen LogP contribution in [0.3, 0.4) is 0 Å². The molecule has 0 saturated heterocycles. The number of rotatable bonds is 5. The summed E-state index contributed by atoms with van der Waals surface area (Å²) >= 11 is 5.60. The van der Waals surface area contributed by atoms with Gasteiger partial charge in [0.2, 0.25) is 10.0 Å². The molecule has 2 aromatic carbocycles. The lowest BCUT2D eigenvalue weighted by Crippen LogP contribution is -2.32. The van der Waals surface area contributed by atoms with Crippen LogP contribution in [0.5, 0.6) is 0 Å². The maximum atomic E-state index is 14.2. The van der Waals surface area contributed by atoms with E-state index in [0.717, 1.165) is 43.2 Å². The Morgan fingerprint density at radius 3 is 2.37 bits per heavy atom. The Labute approximate surface area is 175 Å². The number of amides is 1. The van der Waals surface area contributed by atoms with Crippen LogP contribution in [0.25, 0.3) is 0 Å². The average Bonchev–Trinajstić information content (AvgIpc) is 3.14. The Morgan fingerprint density at radius 1 is 1.07 bits per heavy atom. The van der Waals surface area contributed by atoms with Crippen molar-refractivity contribution in [3.05, 3.63) is 58.4 Å². The summed E-state index contributed by atoms with van der Waals surface area (Å²) in [6, 6.07) is 5.02. The highest BCUT2D eigenvalue weighted by molar-refractivity contribution is 7.89. The molecule has 3 rings (SSSR count). The van der Waals surface area contributed by atoms with E-state index in [2.05, 4.69) is 4.72 Å². The van der Waals surface area contributed by atoms with Gasteiger partial charge in [-0.15, -0.1) is 0 Å². The molecule has 2 aromatic rings. The van der Waals surface area contributed by atoms with E-state index in [4.69, 9.17) is 11.6 Å². The average molecular weight is 465 g/mol. The van der Waals surface area contributed by atoms with Gasteiger partial charge in [-0.1, -0.05) is 24.4 Å². The predicted octanol–water partition coefficient (Wildman–Crippen LogP) is 4.97. The Balaban J connectivity index is 1.89. The first kappa shape index (κ1) is 22.5. The number of hydrogen-bond donors (Lipinski definition) is 2. The zero-order valence-electron chi connectivity index (χ0n) is 15.4. The Kier molecular flexibility index (Phi) is 6.40. The molecule has 0 bridgehead atoms. The Morgan fingerprint density at radius 2 is 1.73 bits per heavy atom. The summed E-state index contributed by atoms with van der Waals surface area (Å²) < 4.78 is 81.4. The molecule has 2 N–H and O–H groups in total. The van der Waals surface area contributed by atoms with Gasteiger partial charge in [0.25, 0.3) is 5.91 Å². The highest BCUT2D eigenvalue weighted by Gasteiger charge is 2.34. The van der Waals surface area contributed by atoms with Crippen molar-refractivity contribution in [3.63, 3.8) is 0 Å². The van der Waals surface area contributed by atoms with Crippen LogP contribution in [0.4, 0.5) is 23.2 Å². The van der Waals surface area contributed by atoms with Crippen LogP contribution in [0.1, 0.15) is 41.6 Å². The molecule has 30 heavy (non-hydrogen) atoms. The van der Waals surface area contributed by atoms with E-state index in [9.17, 15) is 30.8 Å². The maximum Gasteiger partial charge on any atom is 0.418 e. The van der Waals surface area contributed by atoms with Gasteiger partial charge in [-0.2, -0.15) is 13.2 Å². The van der Waals surface area contributed by atoms with Crippen molar-refractivity contribution >= 4 is 33.2 Å². The third-order valence-corrected chi connectivity index (χ3v) is 6.46. The molecule has 5 nitrogen and oxygen atoms in total. The normalized spacial score (nSPS) is 15.4. The zero-order chi connectivity index (χ0) is 22.1. The van der Waals surface area contributed by atoms with E-state index >= 15 is 0 Å². The topological polar surface area (TPSA) is 75.3 Å². The summed E-state index contributed by atoms with van der Waals surface area (Å²) in [4.78, 5) is 12.1. The van der Waals surface area contributed by atoms with Gasteiger partial charge in [0, 0.05) is 11.1 Å². The first-order valence-corrected chi connectivity index (χ1v) is 10.8. The fourth-order valence-corrected chi connectivity index (χ4v) is 4.73. The first-order valence-electron chi connectivity index (χ1n) is 8.97. The van der Waals surface area contributed by atoms with E-state index in [1.165, 1.54) is 0 Å². The van der Waals surface area contributed by atoms with Gasteiger partial charge in [-0.25, -0.2) is 17.5 Å². The molecule has 0 radical (unpaired) electrons. The van der Waals surface area contributed by atoms with Gasteiger partial charge >= 0.3 is 6.18 Å². The monoisotopic (exact) mass is 464 g/mol. The SMILES string of the molecule is O=C(Nc1ccc(Cl)cc1C(F)(F)F)c1cc(S(=O)(=O)NC2CCCC2)ccc1F. The van der Waals surface area contributed by atoms with Crippen molar-refractivity contribution in [3.8, 4) is 0 Å². The summed E-state index contributed by atoms with van der Waals surface area (Å²) in [5.41, 5.74) is -2.54. The fourth-order valence-electron chi connectivity index (χ4n) is 3.23. The van der Waals surface area contributed by atoms with Crippen LogP contribution in [-0.4, -0.2) is 20.4 Å². The minimum atomic E-state index is -4.82. The summed E-state index contributed by atoms with van der Waals surface area (Å²) in [6.07, 6.45) is -1.71. The van der Waals surface area contributed by atoms with E-state index < -0.39 is 44.7 Å². The Bertz CT molecular complexity index is 1070. The van der Waals surface area contributed by atoms with Crippen LogP contribution in [0, 0.1) is 5.82 Å². The van der Waals surface area contributed by atoms with Crippen molar-refractivity contribution in [2.45, 2.75) is 42.8 Å². The second-order valence-corrected chi connectivity index (χ2v) is 9.04. The molecule has 162 valence electrons. The highest BCUT2D eigenvalue weighted by Crippen LogP contribution is 2.36. The van der Waals surface area contributed by atoms with Crippen molar-refractivity contribution in [1.82, 2.24) is 4.72 Å². The van der Waals surface area contributed by atoms with Gasteiger partial charge in [0.05, 0.1) is 21.7 Å². The molecule has 1 aliphatic rings. The first-order chi connectivity index (χ1) is 14.0. The van der Waals surface area contributed by atoms with Crippen LogP contribution in [0.2, 0.25) is 5.02 Å². The van der Waals surface area contributed by atoms with Gasteiger partial charge in [-0.05, 0) is 49.2 Å². The second kappa shape index (κ2) is 8.52. The van der Waals surface area contributed by atoms with Gasteiger partial charge in [0.1, 0.15) is 5.82 Å². The molecular weight excluding hydrogens is 448 g/mol. The molecule has 0 spiro atoms. The minimum Gasteiger partial charge on any atom is -0.321 e. The Hall–Kier alpha value is -2.17. The standard InChI is InChI=1S/C19H17ClF4N2O3S/c20-11-5-8-17(15(9-11)19(22,23)24)25-18(27)14-10-13(6-7-16(14)21)30(28,29)26-12-3-1-2-4-12/h5-10,12,26H,1-4H2,(H,25,27). The summed E-state index contributed by atoms with van der Waals surface area (Å²) in [6.45, 7) is 0. The summed E-state index contributed by atoms with van der Waals surface area (Å²) in [7, 11) is -4.02. The van der Waals surface area contributed by atoms with Crippen molar-refractivity contribution in [2.75, 3.05) is 5.32 Å². The molecule has 0 heterocycles. The molecule has 1 aliphatic carbocycles. The predicted molar refractivity (Wildman–Crippen MR) is 103 cm³/mol. The third kappa shape index (κ3) is 5.11. The number of anilines is 1. The smallest absolute Gasteiger partial charge is 0.321 e. The summed E-state index contributed by atoms with van der Waals surface area (Å²) in [5, 5.41) is 1.78. The number of carbonyl (C=O) groups is 1. The van der Waals surface area contributed by atoms with Crippen LogP contribution >= 0.6 is 11.6 Å². The third-order valence-electron chi connectivity index (χ3n) is 4.70. The lowest BCUT2D eigenvalue weighted by Gasteiger charge is -2.15.